The van der Waals surface area contributed by atoms with Crippen LogP contribution in [0.3, 0.4) is 0 Å². The van der Waals surface area contributed by atoms with Gasteiger partial charge in [-0.3, -0.25) is 0 Å². The zero-order chi connectivity index (χ0) is 10.3. The van der Waals surface area contributed by atoms with Crippen LogP contribution in [0.15, 0.2) is 0 Å². The van der Waals surface area contributed by atoms with Crippen LogP contribution in [-0.2, 0) is 0 Å². The molecule has 0 aromatic rings. The summed E-state index contributed by atoms with van der Waals surface area (Å²) in [5.74, 6) is 0. The molecule has 0 heterocycles. The third-order valence-electron chi connectivity index (χ3n) is 2.89. The summed E-state index contributed by atoms with van der Waals surface area (Å²) in [5, 5.41) is 0. The Labute approximate surface area is 83.5 Å². The summed E-state index contributed by atoms with van der Waals surface area (Å²) in [6, 6.07) is 0. The number of nitrogens with zero attached hydrogens (tertiary/aromatic N) is 1. The zero-order valence-corrected chi connectivity index (χ0v) is 9.77. The number of likely N-dealkylation sites (N-methyl/N-ethyl adjacent to an activating group) is 1. The lowest BCUT2D eigenvalue weighted by atomic mass is 9.94. The van der Waals surface area contributed by atoms with Crippen LogP contribution in [0.4, 0.5) is 0 Å². The van der Waals surface area contributed by atoms with Gasteiger partial charge in [-0.25, -0.2) is 0 Å². The van der Waals surface area contributed by atoms with Crippen molar-refractivity contribution in [3.8, 4) is 0 Å². The summed E-state index contributed by atoms with van der Waals surface area (Å²) in [7, 11) is 2.17. The van der Waals surface area contributed by atoms with Gasteiger partial charge >= 0.3 is 0 Å². The van der Waals surface area contributed by atoms with Crippen molar-refractivity contribution in [2.75, 3.05) is 20.1 Å². The fourth-order valence-corrected chi connectivity index (χ4v) is 1.52. The van der Waals surface area contributed by atoms with Crippen LogP contribution >= 0.6 is 0 Å². The Morgan fingerprint density at radius 2 is 1.69 bits per heavy atom. The van der Waals surface area contributed by atoms with E-state index in [4.69, 9.17) is 5.73 Å². The molecule has 0 saturated heterocycles. The molecular weight excluding hydrogens is 160 g/mol. The minimum Gasteiger partial charge on any atom is -0.324 e. The molecule has 0 aliphatic carbocycles. The van der Waals surface area contributed by atoms with Crippen LogP contribution < -0.4 is 5.73 Å². The average Bonchev–Trinajstić information content (AvgIpc) is 2.14. The predicted octanol–water partition coefficient (Wildman–Crippen LogP) is 2.24. The van der Waals surface area contributed by atoms with Crippen molar-refractivity contribution in [1.29, 1.82) is 0 Å². The number of nitrogens with two attached hydrogens (primary N) is 1. The number of rotatable bonds is 7. The molecule has 2 heteroatoms. The molecule has 0 atom stereocenters. The summed E-state index contributed by atoms with van der Waals surface area (Å²) >= 11 is 0. The summed E-state index contributed by atoms with van der Waals surface area (Å²) in [6.45, 7) is 8.78. The van der Waals surface area contributed by atoms with Crippen molar-refractivity contribution in [1.82, 2.24) is 4.90 Å². The highest BCUT2D eigenvalue weighted by Crippen LogP contribution is 2.12. The third-order valence-corrected chi connectivity index (χ3v) is 2.89. The molecule has 0 bridgehead atoms. The lowest BCUT2D eigenvalue weighted by Gasteiger charge is -2.31. The summed E-state index contributed by atoms with van der Waals surface area (Å²) in [5.41, 5.74) is 6.26. The molecule has 0 radical (unpaired) electrons. The van der Waals surface area contributed by atoms with Gasteiger partial charge in [0, 0.05) is 12.1 Å². The van der Waals surface area contributed by atoms with Crippen LogP contribution in [0.25, 0.3) is 0 Å². The first kappa shape index (κ1) is 12.9. The highest BCUT2D eigenvalue weighted by atomic mass is 15.1. The molecule has 0 rings (SSSR count). The fraction of sp³-hybridized carbons (Fsp3) is 1.00. The Morgan fingerprint density at radius 1 is 1.15 bits per heavy atom. The molecule has 0 spiro atoms. The Balaban J connectivity index is 3.79. The lowest BCUT2D eigenvalue weighted by molar-refractivity contribution is 0.231. The molecular formula is C11H26N2. The van der Waals surface area contributed by atoms with E-state index in [0.717, 1.165) is 19.4 Å². The number of hydrogen-bond acceptors (Lipinski definition) is 2. The maximum atomic E-state index is 6.23. The molecule has 2 N–H and O–H groups in total. The third kappa shape index (κ3) is 5.27. The lowest BCUT2D eigenvalue weighted by Crippen LogP contribution is -2.48. The highest BCUT2D eigenvalue weighted by molar-refractivity contribution is 4.83. The molecule has 2 nitrogen and oxygen atoms in total. The first-order chi connectivity index (χ1) is 6.08. The van der Waals surface area contributed by atoms with Crippen molar-refractivity contribution in [2.24, 2.45) is 5.73 Å². The van der Waals surface area contributed by atoms with Crippen LogP contribution in [-0.4, -0.2) is 30.6 Å². The maximum Gasteiger partial charge on any atom is 0.0278 e. The van der Waals surface area contributed by atoms with Gasteiger partial charge in [-0.1, -0.05) is 27.2 Å². The van der Waals surface area contributed by atoms with E-state index < -0.39 is 0 Å². The molecule has 0 unspecified atom stereocenters. The Hall–Kier alpha value is -0.0800. The fourth-order valence-electron chi connectivity index (χ4n) is 1.52. The molecule has 0 aromatic heterocycles. The summed E-state index contributed by atoms with van der Waals surface area (Å²) in [6.07, 6.45) is 4.68. The first-order valence-electron chi connectivity index (χ1n) is 5.55. The van der Waals surface area contributed by atoms with E-state index in [-0.39, 0.29) is 5.54 Å². The van der Waals surface area contributed by atoms with E-state index in [1.165, 1.54) is 19.4 Å². The topological polar surface area (TPSA) is 29.3 Å². The van der Waals surface area contributed by atoms with Crippen LogP contribution in [0.1, 0.15) is 46.5 Å². The zero-order valence-electron chi connectivity index (χ0n) is 9.77. The van der Waals surface area contributed by atoms with E-state index >= 15 is 0 Å². The molecule has 0 fully saturated rings. The average molecular weight is 186 g/mol. The maximum absolute atomic E-state index is 6.23. The molecule has 0 amide bonds. The molecule has 0 aliphatic rings. The quantitative estimate of drug-likeness (QED) is 0.660. The van der Waals surface area contributed by atoms with Crippen LogP contribution in [0.2, 0.25) is 0 Å². The highest BCUT2D eigenvalue weighted by Gasteiger charge is 2.21. The predicted molar refractivity (Wildman–Crippen MR) is 59.9 cm³/mol. The van der Waals surface area contributed by atoms with Gasteiger partial charge in [0.1, 0.15) is 0 Å². The monoisotopic (exact) mass is 186 g/mol. The minimum atomic E-state index is 0.0302. The van der Waals surface area contributed by atoms with Gasteiger partial charge in [-0.2, -0.15) is 0 Å². The van der Waals surface area contributed by atoms with Gasteiger partial charge < -0.3 is 10.6 Å². The molecule has 0 saturated carbocycles. The minimum absolute atomic E-state index is 0.0302. The molecule has 13 heavy (non-hydrogen) atoms. The summed E-state index contributed by atoms with van der Waals surface area (Å²) < 4.78 is 0. The second-order valence-corrected chi connectivity index (χ2v) is 4.16. The normalized spacial score (nSPS) is 12.5. The Morgan fingerprint density at radius 3 is 2.08 bits per heavy atom. The van der Waals surface area contributed by atoms with Gasteiger partial charge in [-0.15, -0.1) is 0 Å². The van der Waals surface area contributed by atoms with E-state index in [0.29, 0.717) is 0 Å². The van der Waals surface area contributed by atoms with Crippen molar-refractivity contribution in [3.63, 3.8) is 0 Å². The SMILES string of the molecule is CCCCN(C)CC(N)(CC)CC. The molecule has 0 aliphatic heterocycles. The van der Waals surface area contributed by atoms with Gasteiger partial charge in [-0.05, 0) is 32.9 Å². The van der Waals surface area contributed by atoms with Crippen molar-refractivity contribution in [3.05, 3.63) is 0 Å². The van der Waals surface area contributed by atoms with E-state index in [1.54, 1.807) is 0 Å². The standard InChI is InChI=1S/C11H26N2/c1-5-8-9-13(4)10-11(12,6-2)7-3/h5-10,12H2,1-4H3. The first-order valence-corrected chi connectivity index (χ1v) is 5.55. The van der Waals surface area contributed by atoms with Crippen molar-refractivity contribution < 1.29 is 0 Å². The second-order valence-electron chi connectivity index (χ2n) is 4.16. The van der Waals surface area contributed by atoms with Gasteiger partial charge in [0.2, 0.25) is 0 Å². The van der Waals surface area contributed by atoms with E-state index in [9.17, 15) is 0 Å². The molecule has 80 valence electrons. The van der Waals surface area contributed by atoms with Crippen molar-refractivity contribution >= 4 is 0 Å². The number of hydrogen-bond donors (Lipinski definition) is 1. The Kier molecular flexibility index (Phi) is 6.35. The number of unbranched alkanes of at least 4 members (excludes halogenated alkanes) is 1. The molecule has 0 aromatic carbocycles. The van der Waals surface area contributed by atoms with Crippen LogP contribution in [0.5, 0.6) is 0 Å². The van der Waals surface area contributed by atoms with E-state index in [1.807, 2.05) is 0 Å². The van der Waals surface area contributed by atoms with Gasteiger partial charge in [0.05, 0.1) is 0 Å². The van der Waals surface area contributed by atoms with Crippen LogP contribution in [0, 0.1) is 0 Å². The van der Waals surface area contributed by atoms with Gasteiger partial charge in [0.25, 0.3) is 0 Å². The Bertz CT molecular complexity index is 119. The summed E-state index contributed by atoms with van der Waals surface area (Å²) in [4.78, 5) is 2.36. The van der Waals surface area contributed by atoms with Gasteiger partial charge in [0.15, 0.2) is 0 Å². The second kappa shape index (κ2) is 6.39. The van der Waals surface area contributed by atoms with E-state index in [2.05, 4.69) is 32.7 Å². The smallest absolute Gasteiger partial charge is 0.0278 e. The largest absolute Gasteiger partial charge is 0.324 e. The van der Waals surface area contributed by atoms with Crippen molar-refractivity contribution in [2.45, 2.75) is 52.0 Å².